The highest BCUT2D eigenvalue weighted by molar-refractivity contribution is 9.10. The van der Waals surface area contributed by atoms with Crippen molar-refractivity contribution in [2.24, 2.45) is 0 Å². The van der Waals surface area contributed by atoms with Gasteiger partial charge < -0.3 is 19.2 Å². The summed E-state index contributed by atoms with van der Waals surface area (Å²) in [6, 6.07) is 13.4. The number of rotatable bonds is 7. The van der Waals surface area contributed by atoms with Crippen molar-refractivity contribution in [2.75, 3.05) is 7.11 Å². The average Bonchev–Trinajstić information content (AvgIpc) is 3.39. The Labute approximate surface area is 222 Å². The summed E-state index contributed by atoms with van der Waals surface area (Å²) in [5.41, 5.74) is 1.62. The van der Waals surface area contributed by atoms with Crippen molar-refractivity contribution in [2.45, 2.75) is 13.2 Å². The highest BCUT2D eigenvalue weighted by atomic mass is 79.9. The molecule has 0 saturated carbocycles. The maximum Gasteiger partial charge on any atom is 0.373 e. The van der Waals surface area contributed by atoms with E-state index in [4.69, 9.17) is 20.8 Å². The van der Waals surface area contributed by atoms with E-state index in [0.29, 0.717) is 27.4 Å². The third-order valence-electron chi connectivity index (χ3n) is 4.95. The van der Waals surface area contributed by atoms with Crippen LogP contribution in [0.15, 0.2) is 67.6 Å². The van der Waals surface area contributed by atoms with Gasteiger partial charge in [-0.2, -0.15) is 0 Å². The molecule has 3 amide bonds. The molecule has 0 atom stereocenters. The zero-order chi connectivity index (χ0) is 25.1. The summed E-state index contributed by atoms with van der Waals surface area (Å²) in [4.78, 5) is 37.7. The number of nitrogens with one attached hydrogen (secondary N) is 1. The Balaban J connectivity index is 1.47. The van der Waals surface area contributed by atoms with Crippen LogP contribution >= 0.6 is 43.5 Å². The number of halogens is 3. The van der Waals surface area contributed by atoms with Gasteiger partial charge in [-0.25, -0.2) is 9.59 Å². The van der Waals surface area contributed by atoms with E-state index in [1.54, 1.807) is 12.1 Å². The Hall–Kier alpha value is -3.08. The van der Waals surface area contributed by atoms with Crippen LogP contribution in [0.1, 0.15) is 27.4 Å². The number of urea groups is 1. The highest BCUT2D eigenvalue weighted by Crippen LogP contribution is 2.36. The maximum atomic E-state index is 12.8. The molecule has 0 unspecified atom stereocenters. The van der Waals surface area contributed by atoms with E-state index in [1.165, 1.54) is 25.3 Å². The molecule has 1 N–H and O–H groups in total. The fraction of sp³-hybridized carbons (Fsp3) is 0.125. The fourth-order valence-electron chi connectivity index (χ4n) is 3.25. The lowest BCUT2D eigenvalue weighted by atomic mass is 10.1. The van der Waals surface area contributed by atoms with Crippen molar-refractivity contribution < 1.29 is 28.3 Å². The number of furan rings is 1. The molecule has 1 aromatic heterocycles. The van der Waals surface area contributed by atoms with Gasteiger partial charge >= 0.3 is 12.0 Å². The molecular weight excluding hydrogens is 608 g/mol. The molecular formula is C24H17Br2ClN2O6. The van der Waals surface area contributed by atoms with Crippen LogP contribution in [0, 0.1) is 0 Å². The van der Waals surface area contributed by atoms with Gasteiger partial charge in [0, 0.05) is 4.47 Å². The van der Waals surface area contributed by atoms with E-state index < -0.39 is 17.9 Å². The van der Waals surface area contributed by atoms with E-state index in [1.807, 2.05) is 24.3 Å². The normalized spacial score (nSPS) is 14.4. The van der Waals surface area contributed by atoms with Crippen molar-refractivity contribution in [3.63, 3.8) is 0 Å². The van der Waals surface area contributed by atoms with Crippen molar-refractivity contribution in [3.05, 3.63) is 90.8 Å². The molecule has 1 aliphatic rings. The van der Waals surface area contributed by atoms with E-state index in [9.17, 15) is 14.4 Å². The summed E-state index contributed by atoms with van der Waals surface area (Å²) in [6.45, 7) is 0.173. The molecule has 0 bridgehead atoms. The second kappa shape index (κ2) is 10.7. The second-order valence-corrected chi connectivity index (χ2v) is 9.54. The van der Waals surface area contributed by atoms with Crippen molar-refractivity contribution in [1.29, 1.82) is 0 Å². The second-order valence-electron chi connectivity index (χ2n) is 7.37. The zero-order valence-electron chi connectivity index (χ0n) is 18.1. The number of ether oxygens (including phenoxy) is 2. The molecule has 0 aliphatic carbocycles. The summed E-state index contributed by atoms with van der Waals surface area (Å²) in [5, 5.41) is 2.88. The molecule has 11 heteroatoms. The van der Waals surface area contributed by atoms with Crippen molar-refractivity contribution in [3.8, 4) is 5.75 Å². The molecule has 1 saturated heterocycles. The molecule has 0 spiro atoms. The van der Waals surface area contributed by atoms with Crippen molar-refractivity contribution >= 4 is 67.4 Å². The summed E-state index contributed by atoms with van der Waals surface area (Å²) in [6.07, 6.45) is 1.51. The quantitative estimate of drug-likeness (QED) is 0.199. The SMILES string of the molecule is COC(=O)c1ccc(CN2C(=O)N/C(=C\c3cc(Cl)c(OCc4ccc(Br)cc4)c(Br)c3)C2=O)o1. The topological polar surface area (TPSA) is 98.1 Å². The van der Waals surface area contributed by atoms with Crippen LogP contribution in [0.2, 0.25) is 5.02 Å². The van der Waals surface area contributed by atoms with Crippen LogP contribution in [-0.2, 0) is 22.7 Å². The zero-order valence-corrected chi connectivity index (χ0v) is 22.1. The number of nitrogens with zero attached hydrogens (tertiary/aromatic N) is 1. The first kappa shape index (κ1) is 25.0. The number of carbonyl (C=O) groups excluding carboxylic acids is 3. The van der Waals surface area contributed by atoms with Gasteiger partial charge in [0.1, 0.15) is 18.1 Å². The first-order chi connectivity index (χ1) is 16.7. The van der Waals surface area contributed by atoms with Gasteiger partial charge in [0.2, 0.25) is 5.76 Å². The summed E-state index contributed by atoms with van der Waals surface area (Å²) < 4.78 is 17.4. The molecule has 1 aliphatic heterocycles. The Morgan fingerprint density at radius 2 is 1.89 bits per heavy atom. The molecule has 0 radical (unpaired) electrons. The Kier molecular flexibility index (Phi) is 7.63. The van der Waals surface area contributed by atoms with E-state index in [0.717, 1.165) is 14.9 Å². The monoisotopic (exact) mass is 622 g/mol. The number of benzene rings is 2. The number of amides is 3. The molecule has 8 nitrogen and oxygen atoms in total. The number of methoxy groups -OCH3 is 1. The molecule has 35 heavy (non-hydrogen) atoms. The minimum atomic E-state index is -0.652. The molecule has 4 rings (SSSR count). The molecule has 2 aromatic carbocycles. The lowest BCUT2D eigenvalue weighted by Crippen LogP contribution is -2.30. The van der Waals surface area contributed by atoms with Gasteiger partial charge in [0.05, 0.1) is 23.1 Å². The van der Waals surface area contributed by atoms with Gasteiger partial charge in [-0.1, -0.05) is 39.7 Å². The van der Waals surface area contributed by atoms with Gasteiger partial charge in [-0.15, -0.1) is 0 Å². The first-order valence-electron chi connectivity index (χ1n) is 10.1. The van der Waals surface area contributed by atoms with Crippen LogP contribution < -0.4 is 10.1 Å². The Bertz CT molecular complexity index is 1310. The summed E-state index contributed by atoms with van der Waals surface area (Å²) in [5.74, 6) is -0.505. The van der Waals surface area contributed by atoms with Crippen LogP contribution in [0.3, 0.4) is 0 Å². The molecule has 180 valence electrons. The average molecular weight is 625 g/mol. The van der Waals surface area contributed by atoms with E-state index in [2.05, 4.69) is 41.9 Å². The smallest absolute Gasteiger partial charge is 0.373 e. The van der Waals surface area contributed by atoms with E-state index in [-0.39, 0.29) is 23.8 Å². The van der Waals surface area contributed by atoms with Crippen LogP contribution in [0.25, 0.3) is 6.08 Å². The first-order valence-corrected chi connectivity index (χ1v) is 12.1. The van der Waals surface area contributed by atoms with Gasteiger partial charge in [0.25, 0.3) is 5.91 Å². The summed E-state index contributed by atoms with van der Waals surface area (Å²) in [7, 11) is 1.23. The maximum absolute atomic E-state index is 12.8. The third kappa shape index (κ3) is 5.77. The minimum Gasteiger partial charge on any atom is -0.486 e. The lowest BCUT2D eigenvalue weighted by molar-refractivity contribution is -0.123. The van der Waals surface area contributed by atoms with Gasteiger partial charge in [0.15, 0.2) is 5.75 Å². The minimum absolute atomic E-state index is 0.0211. The standard InChI is InChI=1S/C24H17Br2ClN2O6/c1-33-23(31)20-7-6-16(35-20)11-29-22(30)19(28-24(29)32)10-14-8-17(26)21(18(27)9-14)34-12-13-2-4-15(25)5-3-13/h2-10H,11-12H2,1H3,(H,28,32)/b19-10-. The largest absolute Gasteiger partial charge is 0.486 e. The highest BCUT2D eigenvalue weighted by Gasteiger charge is 2.34. The lowest BCUT2D eigenvalue weighted by Gasteiger charge is -2.11. The third-order valence-corrected chi connectivity index (χ3v) is 6.35. The number of carbonyl (C=O) groups is 3. The van der Waals surface area contributed by atoms with Crippen molar-refractivity contribution in [1.82, 2.24) is 10.2 Å². The molecule has 2 heterocycles. The van der Waals surface area contributed by atoms with Crippen LogP contribution in [0.5, 0.6) is 5.75 Å². The Morgan fingerprint density at radius 3 is 2.57 bits per heavy atom. The fourth-order valence-corrected chi connectivity index (χ4v) is 4.50. The van der Waals surface area contributed by atoms with Crippen LogP contribution in [0.4, 0.5) is 4.79 Å². The van der Waals surface area contributed by atoms with Gasteiger partial charge in [-0.3, -0.25) is 9.69 Å². The van der Waals surface area contributed by atoms with Gasteiger partial charge in [-0.05, 0) is 69.5 Å². The number of imide groups is 1. The van der Waals surface area contributed by atoms with E-state index >= 15 is 0 Å². The predicted octanol–water partition coefficient (Wildman–Crippen LogP) is 5.92. The van der Waals surface area contributed by atoms with Crippen LogP contribution in [-0.4, -0.2) is 29.9 Å². The number of esters is 1. The number of hydrogen-bond acceptors (Lipinski definition) is 6. The number of hydrogen-bond donors (Lipinski definition) is 1. The predicted molar refractivity (Wildman–Crippen MR) is 135 cm³/mol. The molecule has 1 fully saturated rings. The summed E-state index contributed by atoms with van der Waals surface area (Å²) >= 11 is 13.3. The molecule has 3 aromatic rings. The Morgan fingerprint density at radius 1 is 1.14 bits per heavy atom.